The average molecular weight is 320 g/mol. The first-order chi connectivity index (χ1) is 10.8. The van der Waals surface area contributed by atoms with Crippen LogP contribution in [0.1, 0.15) is 37.9 Å². The molecule has 23 heavy (non-hydrogen) atoms. The van der Waals surface area contributed by atoms with Crippen molar-refractivity contribution in [2.45, 2.75) is 44.9 Å². The topological polar surface area (TPSA) is 95.0 Å². The lowest BCUT2D eigenvalue weighted by molar-refractivity contribution is 0.0603. The van der Waals surface area contributed by atoms with Gasteiger partial charge in [0, 0.05) is 13.5 Å². The summed E-state index contributed by atoms with van der Waals surface area (Å²) in [5, 5.41) is 13.0. The number of aliphatic hydroxyl groups is 1. The van der Waals surface area contributed by atoms with Gasteiger partial charge >= 0.3 is 6.09 Å². The molecular weight excluding hydrogens is 296 g/mol. The fraction of sp³-hybridized carbons (Fsp3) is 0.500. The number of rotatable bonds is 2. The van der Waals surface area contributed by atoms with E-state index in [0.717, 1.165) is 11.1 Å². The Labute approximate surface area is 136 Å². The Morgan fingerprint density at radius 1 is 1.35 bits per heavy atom. The van der Waals surface area contributed by atoms with Gasteiger partial charge in [-0.15, -0.1) is 4.99 Å². The summed E-state index contributed by atoms with van der Waals surface area (Å²) in [5.41, 5.74) is 7.36. The predicted octanol–water partition coefficient (Wildman–Crippen LogP) is 1.25. The third-order valence-electron chi connectivity index (χ3n) is 3.38. The lowest BCUT2D eigenvalue weighted by atomic mass is 10.1. The Balaban J connectivity index is 2.00. The summed E-state index contributed by atoms with van der Waals surface area (Å²) in [6.45, 7) is 5.32. The van der Waals surface area contributed by atoms with Crippen molar-refractivity contribution in [3.8, 4) is 0 Å². The zero-order chi connectivity index (χ0) is 17.0. The first-order valence-corrected chi connectivity index (χ1v) is 7.57. The van der Waals surface area contributed by atoms with Crippen molar-refractivity contribution in [2.24, 2.45) is 4.99 Å². The highest BCUT2D eigenvalue weighted by Gasteiger charge is 2.30. The van der Waals surface area contributed by atoms with E-state index in [2.05, 4.69) is 21.2 Å². The van der Waals surface area contributed by atoms with Gasteiger partial charge in [0.25, 0.3) is 0 Å². The standard InChI is InChI=1S/C16H24N4O3/c1-16(2,3)23-15(22)18-14(17-4)20-19-13-11-8-6-5-7-10(11)9-12(13)21/h5-8,12-13,19,21H,9H2,1-4H3,(H2,17,18,20,22)/t12-,13-/m1/s1. The quantitative estimate of drug-likeness (QED) is 0.372. The molecule has 0 aromatic heterocycles. The maximum absolute atomic E-state index is 11.7. The molecule has 1 aromatic carbocycles. The molecule has 0 fully saturated rings. The number of carbonyl (C=O) groups excluding carboxylic acids is 1. The van der Waals surface area contributed by atoms with Crippen LogP contribution in [0.25, 0.3) is 0 Å². The summed E-state index contributed by atoms with van der Waals surface area (Å²) >= 11 is 0. The fourth-order valence-electron chi connectivity index (χ4n) is 2.42. The molecule has 1 aromatic rings. The van der Waals surface area contributed by atoms with Crippen molar-refractivity contribution >= 4 is 12.1 Å². The SMILES string of the molecule is CN/C(=N\C(=O)OC(C)(C)C)NN[C@@H]1c2ccccc2C[C@H]1O. The summed E-state index contributed by atoms with van der Waals surface area (Å²) in [5.74, 6) is 0.218. The number of benzene rings is 1. The van der Waals surface area contributed by atoms with E-state index in [1.54, 1.807) is 27.8 Å². The van der Waals surface area contributed by atoms with E-state index in [1.165, 1.54) is 0 Å². The van der Waals surface area contributed by atoms with Gasteiger partial charge in [-0.1, -0.05) is 24.3 Å². The molecule has 0 spiro atoms. The van der Waals surface area contributed by atoms with Crippen LogP contribution in [0.15, 0.2) is 29.3 Å². The van der Waals surface area contributed by atoms with Gasteiger partial charge in [0.05, 0.1) is 12.1 Å². The molecule has 0 bridgehead atoms. The van der Waals surface area contributed by atoms with Crippen molar-refractivity contribution in [2.75, 3.05) is 7.05 Å². The molecule has 0 saturated heterocycles. The summed E-state index contributed by atoms with van der Waals surface area (Å²) in [6.07, 6.45) is -0.642. The minimum Gasteiger partial charge on any atom is -0.442 e. The van der Waals surface area contributed by atoms with Crippen molar-refractivity contribution in [1.82, 2.24) is 16.2 Å². The second-order valence-corrected chi connectivity index (χ2v) is 6.41. The van der Waals surface area contributed by atoms with Crippen LogP contribution in [-0.2, 0) is 11.2 Å². The third-order valence-corrected chi connectivity index (χ3v) is 3.38. The van der Waals surface area contributed by atoms with Crippen LogP contribution < -0.4 is 16.2 Å². The number of carbonyl (C=O) groups is 1. The second kappa shape index (κ2) is 6.97. The van der Waals surface area contributed by atoms with Crippen molar-refractivity contribution in [3.05, 3.63) is 35.4 Å². The zero-order valence-electron chi connectivity index (χ0n) is 13.9. The van der Waals surface area contributed by atoms with Crippen molar-refractivity contribution in [1.29, 1.82) is 0 Å². The maximum Gasteiger partial charge on any atom is 0.437 e. The van der Waals surface area contributed by atoms with Gasteiger partial charge in [-0.25, -0.2) is 10.2 Å². The van der Waals surface area contributed by atoms with E-state index in [9.17, 15) is 9.90 Å². The minimum absolute atomic E-state index is 0.218. The highest BCUT2D eigenvalue weighted by atomic mass is 16.6. The van der Waals surface area contributed by atoms with Crippen LogP contribution in [0.4, 0.5) is 4.79 Å². The second-order valence-electron chi connectivity index (χ2n) is 6.41. The molecule has 4 N–H and O–H groups in total. The van der Waals surface area contributed by atoms with E-state index >= 15 is 0 Å². The number of aliphatic imine (C=N–C) groups is 1. The van der Waals surface area contributed by atoms with E-state index in [0.29, 0.717) is 6.42 Å². The van der Waals surface area contributed by atoms with Gasteiger partial charge in [-0.3, -0.25) is 5.43 Å². The van der Waals surface area contributed by atoms with E-state index < -0.39 is 17.8 Å². The largest absolute Gasteiger partial charge is 0.442 e. The molecule has 126 valence electrons. The number of nitrogens with zero attached hydrogens (tertiary/aromatic N) is 1. The van der Waals surface area contributed by atoms with Crippen LogP contribution in [0.3, 0.4) is 0 Å². The number of nitrogens with one attached hydrogen (secondary N) is 3. The van der Waals surface area contributed by atoms with Gasteiger partial charge < -0.3 is 15.2 Å². The lowest BCUT2D eigenvalue weighted by Crippen LogP contribution is -2.48. The predicted molar refractivity (Wildman–Crippen MR) is 87.9 cm³/mol. The Morgan fingerprint density at radius 2 is 2.04 bits per heavy atom. The molecule has 0 heterocycles. The number of fused-ring (bicyclic) bond motifs is 1. The van der Waals surface area contributed by atoms with Gasteiger partial charge in [-0.2, -0.15) is 0 Å². The van der Waals surface area contributed by atoms with Crippen molar-refractivity contribution in [3.63, 3.8) is 0 Å². The molecule has 7 heteroatoms. The number of amides is 1. The Morgan fingerprint density at radius 3 is 2.70 bits per heavy atom. The first-order valence-electron chi connectivity index (χ1n) is 7.57. The Kier molecular flexibility index (Phi) is 5.23. The minimum atomic E-state index is -0.691. The van der Waals surface area contributed by atoms with Gasteiger partial charge in [0.15, 0.2) is 0 Å². The maximum atomic E-state index is 11.7. The molecule has 0 unspecified atom stereocenters. The molecule has 1 aliphatic carbocycles. The number of aliphatic hydroxyl groups excluding tert-OH is 1. The Bertz CT molecular complexity index is 595. The van der Waals surface area contributed by atoms with Crippen molar-refractivity contribution < 1.29 is 14.6 Å². The van der Waals surface area contributed by atoms with Gasteiger partial charge in [0.2, 0.25) is 5.96 Å². The monoisotopic (exact) mass is 320 g/mol. The summed E-state index contributed by atoms with van der Waals surface area (Å²) in [4.78, 5) is 15.5. The number of hydrogen-bond acceptors (Lipinski definition) is 4. The number of guanidine groups is 1. The number of hydrogen-bond donors (Lipinski definition) is 4. The molecule has 1 aliphatic rings. The van der Waals surface area contributed by atoms with E-state index in [4.69, 9.17) is 4.74 Å². The smallest absolute Gasteiger partial charge is 0.437 e. The van der Waals surface area contributed by atoms with E-state index in [1.807, 2.05) is 24.3 Å². The van der Waals surface area contributed by atoms with Gasteiger partial charge in [-0.05, 0) is 31.9 Å². The number of ether oxygens (including phenoxy) is 1. The molecule has 1 amide bonds. The van der Waals surface area contributed by atoms with Crippen LogP contribution in [0.2, 0.25) is 0 Å². The summed E-state index contributed by atoms with van der Waals surface area (Å²) in [6, 6.07) is 7.57. The number of hydrazine groups is 1. The molecule has 2 rings (SSSR count). The average Bonchev–Trinajstić information content (AvgIpc) is 2.77. The molecule has 0 radical (unpaired) electrons. The van der Waals surface area contributed by atoms with Gasteiger partial charge in [0.1, 0.15) is 5.60 Å². The summed E-state index contributed by atoms with van der Waals surface area (Å²) < 4.78 is 5.14. The zero-order valence-corrected chi connectivity index (χ0v) is 13.9. The lowest BCUT2D eigenvalue weighted by Gasteiger charge is -2.21. The molecule has 0 aliphatic heterocycles. The Hall–Kier alpha value is -2.12. The highest BCUT2D eigenvalue weighted by molar-refractivity contribution is 5.89. The molecule has 7 nitrogen and oxygen atoms in total. The molecule has 0 saturated carbocycles. The molecular formula is C16H24N4O3. The third kappa shape index (κ3) is 4.67. The molecule has 2 atom stereocenters. The van der Waals surface area contributed by atoms with Crippen LogP contribution >= 0.6 is 0 Å². The highest BCUT2D eigenvalue weighted by Crippen LogP contribution is 2.30. The van der Waals surface area contributed by atoms with E-state index in [-0.39, 0.29) is 12.0 Å². The first kappa shape index (κ1) is 17.2. The van der Waals surface area contributed by atoms with Crippen LogP contribution in [-0.4, -0.2) is 35.9 Å². The summed E-state index contributed by atoms with van der Waals surface area (Å²) in [7, 11) is 1.64. The normalized spacial score (nSPS) is 20.8. The fourth-order valence-corrected chi connectivity index (χ4v) is 2.42. The van der Waals surface area contributed by atoms with Crippen LogP contribution in [0.5, 0.6) is 0 Å². The van der Waals surface area contributed by atoms with Crippen LogP contribution in [0, 0.1) is 0 Å².